The molecule has 2 fully saturated rings. The molecule has 2 aliphatic heterocycles. The maximum atomic E-state index is 11.0. The summed E-state index contributed by atoms with van der Waals surface area (Å²) in [5.41, 5.74) is 1.49. The number of hydroxylamine groups is 3. The van der Waals surface area contributed by atoms with Gasteiger partial charge in [0.25, 0.3) is 0 Å². The highest BCUT2D eigenvalue weighted by Gasteiger charge is 2.38. The quantitative estimate of drug-likeness (QED) is 0.288. The largest absolute Gasteiger partial charge is 0.444 e. The summed E-state index contributed by atoms with van der Waals surface area (Å²) in [5, 5.41) is 12.4. The van der Waals surface area contributed by atoms with Gasteiger partial charge in [-0.2, -0.15) is 0 Å². The third-order valence-corrected chi connectivity index (χ3v) is 3.21. The van der Waals surface area contributed by atoms with E-state index in [1.54, 1.807) is 25.7 Å². The zero-order valence-electron chi connectivity index (χ0n) is 14.3. The Morgan fingerprint density at radius 1 is 1.46 bits per heavy atom. The SMILES string of the molecule is CC(C)(C)OC(=O)NCCONC=O.O=C1N2CCCC(C2)N1O. The minimum absolute atomic E-state index is 0.0706. The molecule has 0 aliphatic carbocycles. The first kappa shape index (κ1) is 20.0. The molecular weight excluding hydrogens is 320 g/mol. The third-order valence-electron chi connectivity index (χ3n) is 3.21. The van der Waals surface area contributed by atoms with Crippen LogP contribution < -0.4 is 10.8 Å². The van der Waals surface area contributed by atoms with Crippen LogP contribution in [-0.2, 0) is 14.4 Å². The van der Waals surface area contributed by atoms with Crippen molar-refractivity contribution in [2.24, 2.45) is 0 Å². The van der Waals surface area contributed by atoms with Gasteiger partial charge in [-0.05, 0) is 33.6 Å². The van der Waals surface area contributed by atoms with Gasteiger partial charge in [-0.15, -0.1) is 0 Å². The Balaban J connectivity index is 0.000000250. The summed E-state index contributed by atoms with van der Waals surface area (Å²) in [5.74, 6) is 0. The average Bonchev–Trinajstić information content (AvgIpc) is 2.69. The minimum Gasteiger partial charge on any atom is -0.444 e. The molecule has 0 saturated carbocycles. The van der Waals surface area contributed by atoms with E-state index < -0.39 is 11.7 Å². The van der Waals surface area contributed by atoms with E-state index >= 15 is 0 Å². The van der Waals surface area contributed by atoms with E-state index in [9.17, 15) is 14.4 Å². The monoisotopic (exact) mass is 346 g/mol. The van der Waals surface area contributed by atoms with E-state index in [4.69, 9.17) is 9.94 Å². The topological polar surface area (TPSA) is 120 Å². The van der Waals surface area contributed by atoms with Gasteiger partial charge in [0.05, 0.1) is 12.6 Å². The lowest BCUT2D eigenvalue weighted by Crippen LogP contribution is -2.35. The fourth-order valence-corrected chi connectivity index (χ4v) is 2.24. The number of alkyl carbamates (subject to hydrolysis) is 1. The van der Waals surface area contributed by atoms with E-state index in [-0.39, 0.29) is 25.2 Å². The molecule has 0 aromatic heterocycles. The van der Waals surface area contributed by atoms with Crippen LogP contribution in [0, 0.1) is 0 Å². The molecule has 2 saturated heterocycles. The number of hydrogen-bond donors (Lipinski definition) is 3. The van der Waals surface area contributed by atoms with Gasteiger partial charge >= 0.3 is 12.1 Å². The molecule has 4 amide bonds. The van der Waals surface area contributed by atoms with E-state index in [1.807, 2.05) is 5.48 Å². The number of fused-ring (bicyclic) bond motifs is 2. The van der Waals surface area contributed by atoms with Crippen LogP contribution in [0.5, 0.6) is 0 Å². The molecule has 10 heteroatoms. The number of carbonyl (C=O) groups is 3. The normalized spacial score (nSPS) is 19.3. The molecule has 10 nitrogen and oxygen atoms in total. The minimum atomic E-state index is -0.508. The Morgan fingerprint density at radius 3 is 2.71 bits per heavy atom. The zero-order valence-corrected chi connectivity index (χ0v) is 14.3. The van der Waals surface area contributed by atoms with Crippen molar-refractivity contribution in [1.82, 2.24) is 20.8 Å². The molecule has 0 aromatic carbocycles. The number of piperidine rings is 1. The molecule has 1 unspecified atom stereocenters. The molecule has 3 N–H and O–H groups in total. The van der Waals surface area contributed by atoms with Crippen LogP contribution in [0.15, 0.2) is 0 Å². The molecule has 0 aromatic rings. The van der Waals surface area contributed by atoms with E-state index in [0.29, 0.717) is 6.41 Å². The fraction of sp³-hybridized carbons (Fsp3) is 0.786. The van der Waals surface area contributed by atoms with Crippen LogP contribution >= 0.6 is 0 Å². The first-order valence-electron chi connectivity index (χ1n) is 7.79. The summed E-state index contributed by atoms with van der Waals surface area (Å²) in [6.07, 6.45) is 1.87. The van der Waals surface area contributed by atoms with Crippen LogP contribution in [0.25, 0.3) is 0 Å². The lowest BCUT2D eigenvalue weighted by atomic mass is 10.1. The van der Waals surface area contributed by atoms with Gasteiger partial charge in [0, 0.05) is 19.6 Å². The number of nitrogens with zero attached hydrogens (tertiary/aromatic N) is 2. The Kier molecular flexibility index (Phi) is 7.72. The van der Waals surface area contributed by atoms with E-state index in [1.165, 1.54) is 0 Å². The number of amides is 4. The number of nitrogens with one attached hydrogen (secondary N) is 2. The highest BCUT2D eigenvalue weighted by Crippen LogP contribution is 2.22. The Bertz CT molecular complexity index is 435. The third kappa shape index (κ3) is 7.01. The number of carbonyl (C=O) groups excluding carboxylic acids is 3. The predicted octanol–water partition coefficient (Wildman–Crippen LogP) is 0.464. The molecule has 1 atom stereocenters. The van der Waals surface area contributed by atoms with Crippen molar-refractivity contribution in [3.63, 3.8) is 0 Å². The Hall–Kier alpha value is -2.07. The van der Waals surface area contributed by atoms with Crippen LogP contribution in [0.4, 0.5) is 9.59 Å². The summed E-state index contributed by atoms with van der Waals surface area (Å²) in [4.78, 5) is 38.0. The lowest BCUT2D eigenvalue weighted by molar-refractivity contribution is -0.120. The predicted molar refractivity (Wildman–Crippen MR) is 83.0 cm³/mol. The van der Waals surface area contributed by atoms with E-state index in [0.717, 1.165) is 31.0 Å². The molecule has 2 rings (SSSR count). The molecule has 2 bridgehead atoms. The standard InChI is InChI=1S/C8H16N2O4.C6H10N2O2/c1-8(2,3)14-7(12)9-4-5-13-10-6-11;9-6-7-3-1-2-5(4-7)8(6)10/h6H,4-5H2,1-3H3,(H,9,12)(H,10,11);5,10H,1-4H2. The smallest absolute Gasteiger partial charge is 0.407 e. The second-order valence-electron chi connectivity index (χ2n) is 6.38. The Labute approximate surface area is 141 Å². The maximum absolute atomic E-state index is 11.0. The highest BCUT2D eigenvalue weighted by molar-refractivity contribution is 5.76. The highest BCUT2D eigenvalue weighted by atomic mass is 16.6. The summed E-state index contributed by atoms with van der Waals surface area (Å²) >= 11 is 0. The van der Waals surface area contributed by atoms with Crippen molar-refractivity contribution < 1.29 is 29.2 Å². The first-order chi connectivity index (χ1) is 11.2. The average molecular weight is 346 g/mol. The number of ether oxygens (including phenoxy) is 1. The van der Waals surface area contributed by atoms with Crippen LogP contribution in [0.1, 0.15) is 33.6 Å². The van der Waals surface area contributed by atoms with Crippen LogP contribution in [-0.4, -0.2) is 71.6 Å². The molecule has 0 spiro atoms. The van der Waals surface area contributed by atoms with Crippen molar-refractivity contribution in [3.05, 3.63) is 0 Å². The lowest BCUT2D eigenvalue weighted by Gasteiger charge is -2.19. The van der Waals surface area contributed by atoms with Gasteiger partial charge < -0.3 is 15.0 Å². The van der Waals surface area contributed by atoms with Gasteiger partial charge in [0.1, 0.15) is 5.60 Å². The number of urea groups is 1. The zero-order chi connectivity index (χ0) is 18.2. The summed E-state index contributed by atoms with van der Waals surface area (Å²) in [6, 6.07) is -0.149. The van der Waals surface area contributed by atoms with Crippen LogP contribution in [0.3, 0.4) is 0 Å². The summed E-state index contributed by atoms with van der Waals surface area (Å²) in [6.45, 7) is 7.32. The molecule has 138 valence electrons. The van der Waals surface area contributed by atoms with Gasteiger partial charge in [0.15, 0.2) is 0 Å². The second kappa shape index (κ2) is 9.28. The van der Waals surface area contributed by atoms with Crippen molar-refractivity contribution in [1.29, 1.82) is 0 Å². The van der Waals surface area contributed by atoms with Gasteiger partial charge in [-0.1, -0.05) is 0 Å². The van der Waals surface area contributed by atoms with Crippen molar-refractivity contribution in [3.8, 4) is 0 Å². The van der Waals surface area contributed by atoms with Crippen molar-refractivity contribution in [2.45, 2.75) is 45.3 Å². The Morgan fingerprint density at radius 2 is 2.17 bits per heavy atom. The fourth-order valence-electron chi connectivity index (χ4n) is 2.24. The molecule has 2 aliphatic rings. The molecule has 2 heterocycles. The van der Waals surface area contributed by atoms with E-state index in [2.05, 4.69) is 10.2 Å². The van der Waals surface area contributed by atoms with Gasteiger partial charge in [0.2, 0.25) is 6.41 Å². The number of rotatable bonds is 5. The van der Waals surface area contributed by atoms with Gasteiger partial charge in [-0.25, -0.2) is 20.1 Å². The van der Waals surface area contributed by atoms with Crippen molar-refractivity contribution in [2.75, 3.05) is 26.2 Å². The maximum Gasteiger partial charge on any atom is 0.407 e. The van der Waals surface area contributed by atoms with Crippen LogP contribution in [0.2, 0.25) is 0 Å². The molecular formula is C14H26N4O6. The summed E-state index contributed by atoms with van der Waals surface area (Å²) in [7, 11) is 0. The summed E-state index contributed by atoms with van der Waals surface area (Å²) < 4.78 is 4.95. The first-order valence-corrected chi connectivity index (χ1v) is 7.79. The van der Waals surface area contributed by atoms with Gasteiger partial charge in [-0.3, -0.25) is 14.8 Å². The van der Waals surface area contributed by atoms with Crippen molar-refractivity contribution >= 4 is 18.5 Å². The molecule has 24 heavy (non-hydrogen) atoms. The number of hydrogen-bond acceptors (Lipinski definition) is 6. The molecule has 0 radical (unpaired) electrons. The second-order valence-corrected chi connectivity index (χ2v) is 6.38.